The van der Waals surface area contributed by atoms with Crippen molar-refractivity contribution in [1.82, 2.24) is 25.1 Å². The van der Waals surface area contributed by atoms with E-state index in [1.165, 1.54) is 11.8 Å². The lowest BCUT2D eigenvalue weighted by Crippen LogP contribution is -2.28. The van der Waals surface area contributed by atoms with Gasteiger partial charge in [-0.1, -0.05) is 47.1 Å². The second-order valence-electron chi connectivity index (χ2n) is 5.39. The third-order valence-corrected chi connectivity index (χ3v) is 5.32. The summed E-state index contributed by atoms with van der Waals surface area (Å²) in [4.78, 5) is 13.9. The molecule has 6 nitrogen and oxygen atoms in total. The first-order valence-corrected chi connectivity index (χ1v) is 8.88. The highest BCUT2D eigenvalue weighted by atomic mass is 35.5. The SMILES string of the molecule is CN(Cc1cccc(Cl)c1Cl)C(=O)CSc1nnnn1C1CC1. The van der Waals surface area contributed by atoms with Crippen LogP contribution < -0.4 is 0 Å². The van der Waals surface area contributed by atoms with Crippen LogP contribution in [0, 0.1) is 0 Å². The molecule has 0 aliphatic heterocycles. The Kier molecular flexibility index (Phi) is 5.08. The Labute approximate surface area is 148 Å². The van der Waals surface area contributed by atoms with E-state index in [1.807, 2.05) is 12.1 Å². The zero-order chi connectivity index (χ0) is 16.4. The van der Waals surface area contributed by atoms with Gasteiger partial charge in [0, 0.05) is 13.6 Å². The summed E-state index contributed by atoms with van der Waals surface area (Å²) >= 11 is 13.5. The van der Waals surface area contributed by atoms with Gasteiger partial charge in [-0.05, 0) is 34.9 Å². The van der Waals surface area contributed by atoms with E-state index in [9.17, 15) is 4.79 Å². The van der Waals surface area contributed by atoms with Crippen molar-refractivity contribution < 1.29 is 4.79 Å². The van der Waals surface area contributed by atoms with Gasteiger partial charge >= 0.3 is 0 Å². The number of halogens is 2. The first-order valence-electron chi connectivity index (χ1n) is 7.13. The predicted octanol–water partition coefficient (Wildman–Crippen LogP) is 3.07. The van der Waals surface area contributed by atoms with E-state index < -0.39 is 0 Å². The van der Waals surface area contributed by atoms with Crippen LogP contribution in [0.2, 0.25) is 10.0 Å². The molecule has 1 amide bonds. The third kappa shape index (κ3) is 3.97. The second kappa shape index (κ2) is 7.07. The number of tetrazole rings is 1. The molecule has 1 fully saturated rings. The van der Waals surface area contributed by atoms with Crippen LogP contribution in [0.3, 0.4) is 0 Å². The molecule has 0 radical (unpaired) electrons. The first-order chi connectivity index (χ1) is 11.1. The van der Waals surface area contributed by atoms with E-state index in [2.05, 4.69) is 15.5 Å². The van der Waals surface area contributed by atoms with E-state index in [1.54, 1.807) is 22.7 Å². The van der Waals surface area contributed by atoms with Crippen molar-refractivity contribution in [2.24, 2.45) is 0 Å². The van der Waals surface area contributed by atoms with E-state index in [0.717, 1.165) is 18.4 Å². The number of carbonyl (C=O) groups excluding carboxylic acids is 1. The van der Waals surface area contributed by atoms with Crippen molar-refractivity contribution in [2.45, 2.75) is 30.6 Å². The van der Waals surface area contributed by atoms with Crippen LogP contribution in [0.15, 0.2) is 23.4 Å². The minimum atomic E-state index is -0.0172. The summed E-state index contributed by atoms with van der Waals surface area (Å²) in [5.41, 5.74) is 0.822. The molecular formula is C14H15Cl2N5OS. The van der Waals surface area contributed by atoms with Crippen molar-refractivity contribution in [3.8, 4) is 0 Å². The number of nitrogens with zero attached hydrogens (tertiary/aromatic N) is 5. The lowest BCUT2D eigenvalue weighted by molar-refractivity contribution is -0.127. The van der Waals surface area contributed by atoms with E-state index in [-0.39, 0.29) is 11.7 Å². The fourth-order valence-corrected chi connectivity index (χ4v) is 3.34. The predicted molar refractivity (Wildman–Crippen MR) is 89.7 cm³/mol. The molecule has 0 saturated heterocycles. The molecule has 3 rings (SSSR count). The monoisotopic (exact) mass is 371 g/mol. The van der Waals surface area contributed by atoms with Crippen LogP contribution in [0.25, 0.3) is 0 Å². The normalized spacial score (nSPS) is 14.0. The molecule has 0 N–H and O–H groups in total. The topological polar surface area (TPSA) is 63.9 Å². The summed E-state index contributed by atoms with van der Waals surface area (Å²) in [5, 5.41) is 13.3. The Morgan fingerprint density at radius 2 is 2.22 bits per heavy atom. The third-order valence-electron chi connectivity index (χ3n) is 3.54. The van der Waals surface area contributed by atoms with Gasteiger partial charge in [0.2, 0.25) is 11.1 Å². The number of amides is 1. The van der Waals surface area contributed by atoms with Gasteiger partial charge in [-0.15, -0.1) is 5.10 Å². The summed E-state index contributed by atoms with van der Waals surface area (Å²) in [7, 11) is 1.74. The number of aromatic nitrogens is 4. The van der Waals surface area contributed by atoms with Gasteiger partial charge in [0.15, 0.2) is 0 Å². The maximum absolute atomic E-state index is 12.3. The van der Waals surface area contributed by atoms with Gasteiger partial charge in [0.1, 0.15) is 0 Å². The molecule has 0 spiro atoms. The molecular weight excluding hydrogens is 357 g/mol. The van der Waals surface area contributed by atoms with Crippen LogP contribution in [-0.2, 0) is 11.3 Å². The van der Waals surface area contributed by atoms with Gasteiger partial charge in [-0.2, -0.15) is 0 Å². The number of hydrogen-bond acceptors (Lipinski definition) is 5. The van der Waals surface area contributed by atoms with Crippen molar-refractivity contribution in [2.75, 3.05) is 12.8 Å². The largest absolute Gasteiger partial charge is 0.341 e. The quantitative estimate of drug-likeness (QED) is 0.730. The smallest absolute Gasteiger partial charge is 0.233 e. The maximum atomic E-state index is 12.3. The maximum Gasteiger partial charge on any atom is 0.233 e. The summed E-state index contributed by atoms with van der Waals surface area (Å²) in [5.74, 6) is 0.262. The molecule has 122 valence electrons. The highest BCUT2D eigenvalue weighted by Crippen LogP contribution is 2.36. The summed E-state index contributed by atoms with van der Waals surface area (Å²) in [6.45, 7) is 0.409. The van der Waals surface area contributed by atoms with E-state index in [4.69, 9.17) is 23.2 Å². The number of carbonyl (C=O) groups is 1. The summed E-state index contributed by atoms with van der Waals surface area (Å²) in [6.07, 6.45) is 2.19. The minimum Gasteiger partial charge on any atom is -0.341 e. The standard InChI is InChI=1S/C14H15Cl2N5OS/c1-20(7-9-3-2-4-11(15)13(9)16)12(22)8-23-14-17-18-19-21(14)10-5-6-10/h2-4,10H,5-8H2,1H3. The number of thioether (sulfide) groups is 1. The Morgan fingerprint density at radius 1 is 1.43 bits per heavy atom. The van der Waals surface area contributed by atoms with Crippen LogP contribution in [0.5, 0.6) is 0 Å². The zero-order valence-corrected chi connectivity index (χ0v) is 14.8. The van der Waals surface area contributed by atoms with Crippen LogP contribution in [-0.4, -0.2) is 43.8 Å². The average Bonchev–Trinajstić information content (AvgIpc) is 3.27. The van der Waals surface area contributed by atoms with E-state index >= 15 is 0 Å². The van der Waals surface area contributed by atoms with Gasteiger partial charge in [-0.3, -0.25) is 4.79 Å². The lowest BCUT2D eigenvalue weighted by atomic mass is 10.2. The Bertz CT molecular complexity index is 719. The number of rotatable bonds is 6. The summed E-state index contributed by atoms with van der Waals surface area (Å²) < 4.78 is 1.80. The van der Waals surface area contributed by atoms with Crippen molar-refractivity contribution in [1.29, 1.82) is 0 Å². The first kappa shape index (κ1) is 16.5. The van der Waals surface area contributed by atoms with Crippen molar-refractivity contribution >= 4 is 40.9 Å². The highest BCUT2D eigenvalue weighted by Gasteiger charge is 2.28. The summed E-state index contributed by atoms with van der Waals surface area (Å²) in [6, 6.07) is 5.80. The Morgan fingerprint density at radius 3 is 2.96 bits per heavy atom. The Balaban J connectivity index is 1.57. The fraction of sp³-hybridized carbons (Fsp3) is 0.429. The average molecular weight is 372 g/mol. The second-order valence-corrected chi connectivity index (χ2v) is 7.12. The number of benzene rings is 1. The molecule has 9 heteroatoms. The van der Waals surface area contributed by atoms with Gasteiger partial charge in [0.05, 0.1) is 21.8 Å². The van der Waals surface area contributed by atoms with Gasteiger partial charge in [0.25, 0.3) is 0 Å². The molecule has 2 aromatic rings. The van der Waals surface area contributed by atoms with Crippen molar-refractivity contribution in [3.05, 3.63) is 33.8 Å². The molecule has 1 aliphatic rings. The molecule has 0 bridgehead atoms. The van der Waals surface area contributed by atoms with Gasteiger partial charge < -0.3 is 4.90 Å². The number of hydrogen-bond donors (Lipinski definition) is 0. The van der Waals surface area contributed by atoms with Crippen LogP contribution in [0.4, 0.5) is 0 Å². The van der Waals surface area contributed by atoms with Crippen LogP contribution >= 0.6 is 35.0 Å². The molecule has 1 aromatic heterocycles. The lowest BCUT2D eigenvalue weighted by Gasteiger charge is -2.18. The zero-order valence-electron chi connectivity index (χ0n) is 12.4. The molecule has 0 unspecified atom stereocenters. The van der Waals surface area contributed by atoms with Crippen LogP contribution in [0.1, 0.15) is 24.4 Å². The molecule has 1 saturated carbocycles. The molecule has 23 heavy (non-hydrogen) atoms. The minimum absolute atomic E-state index is 0.0172. The fourth-order valence-electron chi connectivity index (χ4n) is 2.08. The Hall–Kier alpha value is -1.31. The highest BCUT2D eigenvalue weighted by molar-refractivity contribution is 7.99. The van der Waals surface area contributed by atoms with Gasteiger partial charge in [-0.25, -0.2) is 4.68 Å². The molecule has 0 atom stereocenters. The molecule has 1 aromatic carbocycles. The van der Waals surface area contributed by atoms with E-state index in [0.29, 0.717) is 27.8 Å². The molecule has 1 heterocycles. The van der Waals surface area contributed by atoms with Crippen molar-refractivity contribution in [3.63, 3.8) is 0 Å². The molecule has 1 aliphatic carbocycles.